The molecule has 0 radical (unpaired) electrons. The van der Waals surface area contributed by atoms with E-state index in [0.29, 0.717) is 12.1 Å². The van der Waals surface area contributed by atoms with Gasteiger partial charge in [-0.1, -0.05) is 48.5 Å². The summed E-state index contributed by atoms with van der Waals surface area (Å²) in [6.07, 6.45) is 0.682. The molecule has 0 aromatic heterocycles. The summed E-state index contributed by atoms with van der Waals surface area (Å²) in [6.45, 7) is 0. The molecule has 98 valence electrons. The van der Waals surface area contributed by atoms with Crippen LogP contribution in [0.4, 0.5) is 5.69 Å². The molecule has 0 saturated carbocycles. The Labute approximate surface area is 112 Å². The first-order valence-corrected chi connectivity index (χ1v) is 6.29. The highest BCUT2D eigenvalue weighted by molar-refractivity contribution is 5.67. The van der Waals surface area contributed by atoms with Crippen molar-refractivity contribution in [2.75, 3.05) is 5.73 Å². The Hall–Kier alpha value is -2.29. The lowest BCUT2D eigenvalue weighted by atomic mass is 9.86. The molecule has 2 aromatic rings. The number of benzene rings is 2. The largest absolute Gasteiger partial charge is 0.481 e. The SMILES string of the molecule is Nc1ccccc1[C@@H](CCC(=O)O)c1ccccc1. The highest BCUT2D eigenvalue weighted by Gasteiger charge is 2.17. The van der Waals surface area contributed by atoms with E-state index in [9.17, 15) is 4.79 Å². The van der Waals surface area contributed by atoms with Crippen molar-refractivity contribution < 1.29 is 9.90 Å². The van der Waals surface area contributed by atoms with Gasteiger partial charge in [0.1, 0.15) is 0 Å². The maximum Gasteiger partial charge on any atom is 0.303 e. The molecule has 0 spiro atoms. The molecule has 0 bridgehead atoms. The van der Waals surface area contributed by atoms with Crippen LogP contribution in [0.25, 0.3) is 0 Å². The van der Waals surface area contributed by atoms with Gasteiger partial charge in [-0.3, -0.25) is 4.79 Å². The second-order valence-corrected chi connectivity index (χ2v) is 4.52. The van der Waals surface area contributed by atoms with E-state index in [0.717, 1.165) is 11.1 Å². The van der Waals surface area contributed by atoms with Gasteiger partial charge in [0.2, 0.25) is 0 Å². The van der Waals surface area contributed by atoms with Crippen molar-refractivity contribution in [2.45, 2.75) is 18.8 Å². The topological polar surface area (TPSA) is 63.3 Å². The molecule has 0 amide bonds. The van der Waals surface area contributed by atoms with Crippen LogP contribution in [0.5, 0.6) is 0 Å². The number of carbonyl (C=O) groups is 1. The number of anilines is 1. The number of aliphatic carboxylic acids is 1. The number of carboxylic acids is 1. The lowest BCUT2D eigenvalue weighted by Crippen LogP contribution is -2.07. The van der Waals surface area contributed by atoms with Crippen LogP contribution in [-0.2, 0) is 4.79 Å². The number of nitrogen functional groups attached to an aromatic ring is 1. The van der Waals surface area contributed by atoms with E-state index >= 15 is 0 Å². The average molecular weight is 255 g/mol. The van der Waals surface area contributed by atoms with Gasteiger partial charge in [-0.2, -0.15) is 0 Å². The zero-order chi connectivity index (χ0) is 13.7. The van der Waals surface area contributed by atoms with E-state index in [2.05, 4.69) is 0 Å². The molecule has 3 nitrogen and oxygen atoms in total. The standard InChI is InChI=1S/C16H17NO2/c17-15-9-5-4-8-14(15)13(10-11-16(18)19)12-6-2-1-3-7-12/h1-9,13H,10-11,17H2,(H,18,19)/t13-/m0/s1. The summed E-state index contributed by atoms with van der Waals surface area (Å²) in [5, 5.41) is 8.89. The normalized spacial score (nSPS) is 12.0. The highest BCUT2D eigenvalue weighted by Crippen LogP contribution is 2.32. The Morgan fingerprint density at radius 2 is 1.68 bits per heavy atom. The van der Waals surface area contributed by atoms with E-state index in [1.54, 1.807) is 0 Å². The van der Waals surface area contributed by atoms with Crippen LogP contribution in [0.2, 0.25) is 0 Å². The summed E-state index contributed by atoms with van der Waals surface area (Å²) in [5.41, 5.74) is 8.82. The van der Waals surface area contributed by atoms with E-state index in [4.69, 9.17) is 10.8 Å². The Kier molecular flexibility index (Phi) is 4.18. The van der Waals surface area contributed by atoms with Gasteiger partial charge in [0.25, 0.3) is 0 Å². The molecule has 3 N–H and O–H groups in total. The van der Waals surface area contributed by atoms with Gasteiger partial charge >= 0.3 is 5.97 Å². The van der Waals surface area contributed by atoms with Crippen LogP contribution in [0.3, 0.4) is 0 Å². The molecule has 0 aliphatic heterocycles. The van der Waals surface area contributed by atoms with E-state index < -0.39 is 5.97 Å². The molecule has 0 fully saturated rings. The number of para-hydroxylation sites is 1. The van der Waals surface area contributed by atoms with Crippen molar-refractivity contribution in [3.8, 4) is 0 Å². The zero-order valence-corrected chi connectivity index (χ0v) is 10.6. The monoisotopic (exact) mass is 255 g/mol. The Morgan fingerprint density at radius 3 is 2.32 bits per heavy atom. The molecular formula is C16H17NO2. The number of rotatable bonds is 5. The Bertz CT molecular complexity index is 552. The Morgan fingerprint density at radius 1 is 1.05 bits per heavy atom. The van der Waals surface area contributed by atoms with Crippen LogP contribution in [-0.4, -0.2) is 11.1 Å². The molecule has 0 aliphatic carbocycles. The van der Waals surface area contributed by atoms with E-state index in [-0.39, 0.29) is 12.3 Å². The highest BCUT2D eigenvalue weighted by atomic mass is 16.4. The summed E-state index contributed by atoms with van der Waals surface area (Å²) in [7, 11) is 0. The van der Waals surface area contributed by atoms with Crippen LogP contribution >= 0.6 is 0 Å². The first-order chi connectivity index (χ1) is 9.18. The summed E-state index contributed by atoms with van der Waals surface area (Å²) >= 11 is 0. The van der Waals surface area contributed by atoms with E-state index in [1.165, 1.54) is 0 Å². The van der Waals surface area contributed by atoms with Crippen molar-refractivity contribution in [1.29, 1.82) is 0 Å². The number of hydrogen-bond acceptors (Lipinski definition) is 2. The molecule has 0 unspecified atom stereocenters. The van der Waals surface area contributed by atoms with Crippen molar-refractivity contribution >= 4 is 11.7 Å². The zero-order valence-electron chi connectivity index (χ0n) is 10.6. The fraction of sp³-hybridized carbons (Fsp3) is 0.188. The number of carboxylic acid groups (broad SMARTS) is 1. The first kappa shape index (κ1) is 13.1. The van der Waals surface area contributed by atoms with Gasteiger partial charge in [-0.25, -0.2) is 0 Å². The summed E-state index contributed by atoms with van der Waals surface area (Å²) in [6, 6.07) is 17.5. The summed E-state index contributed by atoms with van der Waals surface area (Å²) in [5.74, 6) is -0.756. The minimum Gasteiger partial charge on any atom is -0.481 e. The predicted molar refractivity (Wildman–Crippen MR) is 76.0 cm³/mol. The van der Waals surface area contributed by atoms with Crippen molar-refractivity contribution in [2.24, 2.45) is 0 Å². The third kappa shape index (κ3) is 3.35. The fourth-order valence-corrected chi connectivity index (χ4v) is 2.28. The molecule has 1 atom stereocenters. The quantitative estimate of drug-likeness (QED) is 0.806. The number of hydrogen-bond donors (Lipinski definition) is 2. The first-order valence-electron chi connectivity index (χ1n) is 6.29. The van der Waals surface area contributed by atoms with Crippen LogP contribution in [0.15, 0.2) is 54.6 Å². The summed E-state index contributed by atoms with van der Waals surface area (Å²) in [4.78, 5) is 10.8. The predicted octanol–water partition coefficient (Wildman–Crippen LogP) is 3.27. The minimum absolute atomic E-state index is 0.0264. The molecule has 0 heterocycles. The molecular weight excluding hydrogens is 238 g/mol. The smallest absolute Gasteiger partial charge is 0.303 e. The lowest BCUT2D eigenvalue weighted by Gasteiger charge is -2.19. The van der Waals surface area contributed by atoms with Crippen LogP contribution in [0, 0.1) is 0 Å². The molecule has 0 saturated heterocycles. The van der Waals surface area contributed by atoms with Gasteiger partial charge < -0.3 is 10.8 Å². The molecule has 19 heavy (non-hydrogen) atoms. The van der Waals surface area contributed by atoms with Crippen LogP contribution in [0.1, 0.15) is 29.9 Å². The minimum atomic E-state index is -0.782. The van der Waals surface area contributed by atoms with Crippen molar-refractivity contribution in [1.82, 2.24) is 0 Å². The third-order valence-electron chi connectivity index (χ3n) is 3.22. The summed E-state index contributed by atoms with van der Waals surface area (Å²) < 4.78 is 0. The lowest BCUT2D eigenvalue weighted by molar-refractivity contribution is -0.137. The molecule has 0 aliphatic rings. The second kappa shape index (κ2) is 6.05. The van der Waals surface area contributed by atoms with Gasteiger partial charge in [0.05, 0.1) is 0 Å². The Balaban J connectivity index is 2.35. The fourth-order valence-electron chi connectivity index (χ4n) is 2.28. The van der Waals surface area contributed by atoms with Gasteiger partial charge in [0.15, 0.2) is 0 Å². The van der Waals surface area contributed by atoms with Gasteiger partial charge in [-0.15, -0.1) is 0 Å². The maximum absolute atomic E-state index is 10.8. The second-order valence-electron chi connectivity index (χ2n) is 4.52. The molecule has 2 aromatic carbocycles. The average Bonchev–Trinajstić information content (AvgIpc) is 2.42. The van der Waals surface area contributed by atoms with E-state index in [1.807, 2.05) is 54.6 Å². The number of nitrogens with two attached hydrogens (primary N) is 1. The van der Waals surface area contributed by atoms with Crippen molar-refractivity contribution in [3.63, 3.8) is 0 Å². The molecule has 3 heteroatoms. The van der Waals surface area contributed by atoms with Crippen molar-refractivity contribution in [3.05, 3.63) is 65.7 Å². The van der Waals surface area contributed by atoms with Crippen LogP contribution < -0.4 is 5.73 Å². The van der Waals surface area contributed by atoms with Gasteiger partial charge in [-0.05, 0) is 23.6 Å². The third-order valence-corrected chi connectivity index (χ3v) is 3.22. The molecule has 2 rings (SSSR count). The van der Waals surface area contributed by atoms with Gasteiger partial charge in [0, 0.05) is 18.0 Å². The maximum atomic E-state index is 10.8.